The molecule has 0 heterocycles. The van der Waals surface area contributed by atoms with Crippen molar-refractivity contribution >= 4 is 12.0 Å². The first-order chi connectivity index (χ1) is 11.7. The van der Waals surface area contributed by atoms with Crippen LogP contribution in [0.5, 0.6) is 11.5 Å². The predicted molar refractivity (Wildman–Crippen MR) is 95.0 cm³/mol. The summed E-state index contributed by atoms with van der Waals surface area (Å²) in [4.78, 5) is 25.1. The minimum absolute atomic E-state index is 0.0746. The molecule has 2 amide bonds. The molecular formula is C18H28N2O5. The summed E-state index contributed by atoms with van der Waals surface area (Å²) in [6.07, 6.45) is -0.316. The van der Waals surface area contributed by atoms with Gasteiger partial charge in [-0.1, -0.05) is 0 Å². The van der Waals surface area contributed by atoms with E-state index in [1.807, 2.05) is 24.3 Å². The molecule has 7 nitrogen and oxygen atoms in total. The van der Waals surface area contributed by atoms with Crippen LogP contribution in [0.15, 0.2) is 24.3 Å². The second kappa shape index (κ2) is 9.76. The van der Waals surface area contributed by atoms with E-state index in [2.05, 4.69) is 5.32 Å². The van der Waals surface area contributed by atoms with Crippen molar-refractivity contribution in [3.05, 3.63) is 24.3 Å². The maximum atomic E-state index is 12.0. The molecular weight excluding hydrogens is 324 g/mol. The van der Waals surface area contributed by atoms with Gasteiger partial charge in [0.15, 0.2) is 0 Å². The van der Waals surface area contributed by atoms with Crippen molar-refractivity contribution < 1.29 is 23.8 Å². The summed E-state index contributed by atoms with van der Waals surface area (Å²) in [5.41, 5.74) is -0.552. The smallest absolute Gasteiger partial charge is 0.407 e. The fourth-order valence-electron chi connectivity index (χ4n) is 1.87. The average molecular weight is 352 g/mol. The molecule has 0 radical (unpaired) electrons. The second-order valence-corrected chi connectivity index (χ2v) is 6.52. The van der Waals surface area contributed by atoms with Crippen molar-refractivity contribution in [2.45, 2.75) is 32.8 Å². The quantitative estimate of drug-likeness (QED) is 0.778. The molecule has 1 rings (SSSR count). The molecule has 1 aromatic carbocycles. The zero-order chi connectivity index (χ0) is 18.9. The monoisotopic (exact) mass is 352 g/mol. The topological polar surface area (TPSA) is 77.1 Å². The number of nitrogens with one attached hydrogen (secondary N) is 1. The molecule has 0 saturated carbocycles. The average Bonchev–Trinajstić information content (AvgIpc) is 2.53. The minimum atomic E-state index is -0.552. The standard InChI is InChI=1S/C18H28N2O5/c1-18(2,3)25-17(22)19-11-10-16(21)20(4)12-13-24-15-8-6-14(23-5)7-9-15/h6-9H,10-13H2,1-5H3,(H,19,22). The van der Waals surface area contributed by atoms with Gasteiger partial charge in [-0.2, -0.15) is 0 Å². The second-order valence-electron chi connectivity index (χ2n) is 6.52. The molecule has 25 heavy (non-hydrogen) atoms. The number of rotatable bonds is 8. The molecule has 0 saturated heterocycles. The van der Waals surface area contributed by atoms with E-state index in [-0.39, 0.29) is 18.9 Å². The van der Waals surface area contributed by atoms with E-state index in [1.54, 1.807) is 39.8 Å². The number of nitrogens with zero attached hydrogens (tertiary/aromatic N) is 1. The number of hydrogen-bond acceptors (Lipinski definition) is 5. The fraction of sp³-hybridized carbons (Fsp3) is 0.556. The number of benzene rings is 1. The molecule has 1 aromatic rings. The summed E-state index contributed by atoms with van der Waals surface area (Å²) in [7, 11) is 3.31. The Balaban J connectivity index is 2.22. The number of amides is 2. The molecule has 0 spiro atoms. The Labute approximate surface area is 149 Å². The molecule has 0 aromatic heterocycles. The maximum Gasteiger partial charge on any atom is 0.407 e. The normalized spacial score (nSPS) is 10.8. The molecule has 0 aliphatic carbocycles. The van der Waals surface area contributed by atoms with Crippen LogP contribution in [0.3, 0.4) is 0 Å². The minimum Gasteiger partial charge on any atom is -0.497 e. The Hall–Kier alpha value is -2.44. The van der Waals surface area contributed by atoms with E-state index in [0.717, 1.165) is 5.75 Å². The van der Waals surface area contributed by atoms with Gasteiger partial charge in [0, 0.05) is 20.0 Å². The summed E-state index contributed by atoms with van der Waals surface area (Å²) in [6, 6.07) is 7.25. The maximum absolute atomic E-state index is 12.0. The fourth-order valence-corrected chi connectivity index (χ4v) is 1.87. The van der Waals surface area contributed by atoms with Crippen molar-refractivity contribution in [3.63, 3.8) is 0 Å². The Morgan fingerprint density at radius 3 is 2.28 bits per heavy atom. The highest BCUT2D eigenvalue weighted by Crippen LogP contribution is 2.16. The third-order valence-corrected chi connectivity index (χ3v) is 3.19. The van der Waals surface area contributed by atoms with Crippen molar-refractivity contribution in [1.82, 2.24) is 10.2 Å². The van der Waals surface area contributed by atoms with E-state index in [1.165, 1.54) is 0 Å². The van der Waals surface area contributed by atoms with Gasteiger partial charge in [-0.15, -0.1) is 0 Å². The lowest BCUT2D eigenvalue weighted by Gasteiger charge is -2.20. The molecule has 0 atom stereocenters. The third-order valence-electron chi connectivity index (χ3n) is 3.19. The zero-order valence-corrected chi connectivity index (χ0v) is 15.6. The highest BCUT2D eigenvalue weighted by molar-refractivity contribution is 5.77. The van der Waals surface area contributed by atoms with Gasteiger partial charge in [0.2, 0.25) is 5.91 Å². The van der Waals surface area contributed by atoms with Gasteiger partial charge in [0.1, 0.15) is 23.7 Å². The Morgan fingerprint density at radius 2 is 1.72 bits per heavy atom. The van der Waals surface area contributed by atoms with E-state index in [4.69, 9.17) is 14.2 Å². The van der Waals surface area contributed by atoms with Gasteiger partial charge in [-0.25, -0.2) is 4.79 Å². The lowest BCUT2D eigenvalue weighted by molar-refractivity contribution is -0.130. The van der Waals surface area contributed by atoms with Gasteiger partial charge in [-0.05, 0) is 45.0 Å². The van der Waals surface area contributed by atoms with Crippen LogP contribution < -0.4 is 14.8 Å². The van der Waals surface area contributed by atoms with Crippen molar-refractivity contribution in [2.75, 3.05) is 33.9 Å². The van der Waals surface area contributed by atoms with Gasteiger partial charge in [-0.3, -0.25) is 4.79 Å². The molecule has 1 N–H and O–H groups in total. The summed E-state index contributed by atoms with van der Waals surface area (Å²) in [5.74, 6) is 1.40. The highest BCUT2D eigenvalue weighted by Gasteiger charge is 2.16. The summed E-state index contributed by atoms with van der Waals surface area (Å²) in [5, 5.41) is 2.57. The number of alkyl carbamates (subject to hydrolysis) is 1. The largest absolute Gasteiger partial charge is 0.497 e. The van der Waals surface area contributed by atoms with E-state index >= 15 is 0 Å². The van der Waals surface area contributed by atoms with E-state index < -0.39 is 11.7 Å². The first-order valence-electron chi connectivity index (χ1n) is 8.19. The number of likely N-dealkylation sites (N-methyl/N-ethyl adjacent to an activating group) is 1. The first kappa shape index (κ1) is 20.6. The van der Waals surface area contributed by atoms with E-state index in [0.29, 0.717) is 18.9 Å². The molecule has 0 aliphatic rings. The van der Waals surface area contributed by atoms with Gasteiger partial charge < -0.3 is 24.4 Å². The van der Waals surface area contributed by atoms with Crippen molar-refractivity contribution in [1.29, 1.82) is 0 Å². The van der Waals surface area contributed by atoms with Crippen LogP contribution in [0.1, 0.15) is 27.2 Å². The van der Waals surface area contributed by atoms with Crippen LogP contribution in [0.4, 0.5) is 4.79 Å². The van der Waals surface area contributed by atoms with Crippen LogP contribution in [-0.4, -0.2) is 56.4 Å². The molecule has 0 unspecified atom stereocenters. The molecule has 7 heteroatoms. The number of carbonyl (C=O) groups is 2. The first-order valence-corrected chi connectivity index (χ1v) is 8.19. The predicted octanol–water partition coefficient (Wildman–Crippen LogP) is 2.45. The van der Waals surface area contributed by atoms with Crippen LogP contribution in [-0.2, 0) is 9.53 Å². The lowest BCUT2D eigenvalue weighted by atomic mass is 10.2. The zero-order valence-electron chi connectivity index (χ0n) is 15.6. The van der Waals surface area contributed by atoms with Gasteiger partial charge >= 0.3 is 6.09 Å². The lowest BCUT2D eigenvalue weighted by Crippen LogP contribution is -2.36. The number of carbonyl (C=O) groups excluding carboxylic acids is 2. The third kappa shape index (κ3) is 8.83. The molecule has 0 aliphatic heterocycles. The van der Waals surface area contributed by atoms with Crippen molar-refractivity contribution in [3.8, 4) is 11.5 Å². The van der Waals surface area contributed by atoms with Crippen LogP contribution in [0.25, 0.3) is 0 Å². The Morgan fingerprint density at radius 1 is 1.12 bits per heavy atom. The molecule has 0 bridgehead atoms. The van der Waals surface area contributed by atoms with Crippen molar-refractivity contribution in [2.24, 2.45) is 0 Å². The van der Waals surface area contributed by atoms with Crippen LogP contribution in [0, 0.1) is 0 Å². The summed E-state index contributed by atoms with van der Waals surface area (Å²) < 4.78 is 15.8. The number of hydrogen-bond donors (Lipinski definition) is 1. The summed E-state index contributed by atoms with van der Waals surface area (Å²) >= 11 is 0. The van der Waals surface area contributed by atoms with Crippen LogP contribution in [0.2, 0.25) is 0 Å². The van der Waals surface area contributed by atoms with Crippen LogP contribution >= 0.6 is 0 Å². The Bertz CT molecular complexity index is 552. The van der Waals surface area contributed by atoms with E-state index in [9.17, 15) is 9.59 Å². The highest BCUT2D eigenvalue weighted by atomic mass is 16.6. The molecule has 0 fully saturated rings. The van der Waals surface area contributed by atoms with Gasteiger partial charge in [0.25, 0.3) is 0 Å². The SMILES string of the molecule is COc1ccc(OCCN(C)C(=O)CCNC(=O)OC(C)(C)C)cc1. The van der Waals surface area contributed by atoms with Gasteiger partial charge in [0.05, 0.1) is 13.7 Å². The summed E-state index contributed by atoms with van der Waals surface area (Å²) in [6.45, 7) is 6.43. The number of methoxy groups -OCH3 is 1. The molecule has 140 valence electrons. The Kier molecular flexibility index (Phi) is 8.04. The number of ether oxygens (including phenoxy) is 3.